The van der Waals surface area contributed by atoms with Crippen LogP contribution in [0.4, 0.5) is 5.69 Å². The molecule has 0 aliphatic heterocycles. The van der Waals surface area contributed by atoms with Crippen molar-refractivity contribution in [3.05, 3.63) is 33.3 Å². The third-order valence-corrected chi connectivity index (χ3v) is 4.00. The minimum absolute atomic E-state index is 0.00942. The van der Waals surface area contributed by atoms with E-state index in [0.717, 1.165) is 25.7 Å². The molecule has 0 radical (unpaired) electrons. The molecular formula is C14H18ClNO3. The van der Waals surface area contributed by atoms with Crippen molar-refractivity contribution in [2.75, 3.05) is 0 Å². The summed E-state index contributed by atoms with van der Waals surface area (Å²) in [5.41, 5.74) is -0.00942. The number of benzene rings is 1. The number of nitrogens with zero attached hydrogens (tertiary/aromatic N) is 1. The zero-order valence-electron chi connectivity index (χ0n) is 11.0. The molecule has 0 saturated heterocycles. The highest BCUT2D eigenvalue weighted by Crippen LogP contribution is 2.35. The molecule has 1 aromatic carbocycles. The van der Waals surface area contributed by atoms with Crippen molar-refractivity contribution < 1.29 is 9.66 Å². The monoisotopic (exact) mass is 283 g/mol. The van der Waals surface area contributed by atoms with Gasteiger partial charge in [-0.2, -0.15) is 0 Å². The Bertz CT molecular complexity index is 464. The number of hydrogen-bond acceptors (Lipinski definition) is 3. The van der Waals surface area contributed by atoms with Crippen LogP contribution in [0.5, 0.6) is 5.75 Å². The molecular weight excluding hydrogens is 266 g/mol. The summed E-state index contributed by atoms with van der Waals surface area (Å²) in [5.74, 6) is 0.773. The topological polar surface area (TPSA) is 52.4 Å². The van der Waals surface area contributed by atoms with E-state index in [-0.39, 0.29) is 11.8 Å². The van der Waals surface area contributed by atoms with Gasteiger partial charge in [0, 0.05) is 17.2 Å². The average molecular weight is 284 g/mol. The van der Waals surface area contributed by atoms with Gasteiger partial charge in [-0.05, 0) is 37.7 Å². The van der Waals surface area contributed by atoms with E-state index < -0.39 is 4.92 Å². The summed E-state index contributed by atoms with van der Waals surface area (Å²) < 4.78 is 5.91. The van der Waals surface area contributed by atoms with E-state index in [2.05, 4.69) is 6.92 Å². The van der Waals surface area contributed by atoms with Crippen LogP contribution in [0.15, 0.2) is 18.2 Å². The highest BCUT2D eigenvalue weighted by Gasteiger charge is 2.27. The smallest absolute Gasteiger partial charge is 0.311 e. The lowest BCUT2D eigenvalue weighted by Crippen LogP contribution is -2.30. The van der Waals surface area contributed by atoms with Crippen LogP contribution in [-0.4, -0.2) is 11.0 Å². The number of nitro groups is 1. The molecule has 4 nitrogen and oxygen atoms in total. The largest absolute Gasteiger partial charge is 0.483 e. The van der Waals surface area contributed by atoms with E-state index in [0.29, 0.717) is 16.7 Å². The van der Waals surface area contributed by atoms with E-state index >= 15 is 0 Å². The molecule has 5 heteroatoms. The second-order valence-corrected chi connectivity index (χ2v) is 5.41. The Morgan fingerprint density at radius 3 is 2.84 bits per heavy atom. The molecule has 1 fully saturated rings. The third-order valence-electron chi connectivity index (χ3n) is 3.76. The van der Waals surface area contributed by atoms with Crippen molar-refractivity contribution >= 4 is 17.3 Å². The van der Waals surface area contributed by atoms with E-state index in [1.54, 1.807) is 6.07 Å². The molecule has 0 heterocycles. The lowest BCUT2D eigenvalue weighted by molar-refractivity contribution is -0.386. The van der Waals surface area contributed by atoms with Crippen LogP contribution in [0, 0.1) is 16.0 Å². The highest BCUT2D eigenvalue weighted by atomic mass is 35.5. The number of ether oxygens (including phenoxy) is 1. The minimum Gasteiger partial charge on any atom is -0.483 e. The lowest BCUT2D eigenvalue weighted by Gasteiger charge is -2.31. The number of hydrogen-bond donors (Lipinski definition) is 0. The molecule has 0 N–H and O–H groups in total. The third kappa shape index (κ3) is 3.38. The van der Waals surface area contributed by atoms with Gasteiger partial charge >= 0.3 is 5.69 Å². The summed E-state index contributed by atoms with van der Waals surface area (Å²) >= 11 is 5.91. The van der Waals surface area contributed by atoms with Crippen LogP contribution < -0.4 is 4.74 Å². The molecule has 0 bridgehead atoms. The SMILES string of the molecule is CCC1CCCCC1Oc1cc(Cl)ccc1[N+](=O)[O-]. The molecule has 2 atom stereocenters. The van der Waals surface area contributed by atoms with E-state index in [9.17, 15) is 10.1 Å². The first-order valence-electron chi connectivity index (χ1n) is 6.72. The number of rotatable bonds is 4. The summed E-state index contributed by atoms with van der Waals surface area (Å²) in [7, 11) is 0. The Kier molecular flexibility index (Phi) is 4.64. The van der Waals surface area contributed by atoms with Gasteiger partial charge in [-0.25, -0.2) is 0 Å². The number of nitro benzene ring substituents is 1. The first kappa shape index (κ1) is 14.1. The van der Waals surface area contributed by atoms with Crippen LogP contribution in [0.25, 0.3) is 0 Å². The van der Waals surface area contributed by atoms with Gasteiger partial charge in [-0.15, -0.1) is 0 Å². The molecule has 0 aromatic heterocycles. The van der Waals surface area contributed by atoms with Crippen LogP contribution in [-0.2, 0) is 0 Å². The van der Waals surface area contributed by atoms with Gasteiger partial charge in [0.15, 0.2) is 5.75 Å². The Morgan fingerprint density at radius 2 is 2.16 bits per heavy atom. The average Bonchev–Trinajstić information content (AvgIpc) is 2.39. The molecule has 19 heavy (non-hydrogen) atoms. The summed E-state index contributed by atoms with van der Waals surface area (Å²) in [4.78, 5) is 10.6. The van der Waals surface area contributed by atoms with Crippen LogP contribution in [0.1, 0.15) is 39.0 Å². The maximum atomic E-state index is 11.0. The van der Waals surface area contributed by atoms with Crippen molar-refractivity contribution in [2.24, 2.45) is 5.92 Å². The van der Waals surface area contributed by atoms with Crippen molar-refractivity contribution in [3.8, 4) is 5.75 Å². The summed E-state index contributed by atoms with van der Waals surface area (Å²) in [6, 6.07) is 4.47. The van der Waals surface area contributed by atoms with Crippen LogP contribution in [0.2, 0.25) is 5.02 Å². The van der Waals surface area contributed by atoms with Gasteiger partial charge in [0.05, 0.1) is 4.92 Å². The summed E-state index contributed by atoms with van der Waals surface area (Å²) in [6.45, 7) is 2.14. The van der Waals surface area contributed by atoms with Crippen molar-refractivity contribution in [3.63, 3.8) is 0 Å². The molecule has 1 aliphatic rings. The van der Waals surface area contributed by atoms with Gasteiger partial charge in [0.25, 0.3) is 0 Å². The maximum absolute atomic E-state index is 11.0. The first-order chi connectivity index (χ1) is 9.11. The molecule has 1 aromatic rings. The lowest BCUT2D eigenvalue weighted by atomic mass is 9.85. The van der Waals surface area contributed by atoms with Crippen molar-refractivity contribution in [2.45, 2.75) is 45.1 Å². The normalized spacial score (nSPS) is 23.1. The molecule has 0 amide bonds. The van der Waals surface area contributed by atoms with E-state index in [1.807, 2.05) is 0 Å². The van der Waals surface area contributed by atoms with Gasteiger partial charge in [0.2, 0.25) is 0 Å². The van der Waals surface area contributed by atoms with Gasteiger partial charge < -0.3 is 4.74 Å². The van der Waals surface area contributed by atoms with E-state index in [4.69, 9.17) is 16.3 Å². The minimum atomic E-state index is -0.421. The van der Waals surface area contributed by atoms with Gasteiger partial charge in [-0.1, -0.05) is 24.9 Å². The predicted molar refractivity (Wildman–Crippen MR) is 74.8 cm³/mol. The highest BCUT2D eigenvalue weighted by molar-refractivity contribution is 6.30. The van der Waals surface area contributed by atoms with E-state index in [1.165, 1.54) is 18.6 Å². The van der Waals surface area contributed by atoms with Crippen LogP contribution in [0.3, 0.4) is 0 Å². The Labute approximate surface area is 117 Å². The fourth-order valence-electron chi connectivity index (χ4n) is 2.69. The maximum Gasteiger partial charge on any atom is 0.311 e. The Hall–Kier alpha value is -1.29. The first-order valence-corrected chi connectivity index (χ1v) is 7.10. The predicted octanol–water partition coefficient (Wildman–Crippen LogP) is 4.60. The Morgan fingerprint density at radius 1 is 1.42 bits per heavy atom. The molecule has 0 spiro atoms. The summed E-state index contributed by atoms with van der Waals surface area (Å²) in [6.07, 6.45) is 5.54. The Balaban J connectivity index is 2.21. The second kappa shape index (κ2) is 6.24. The quantitative estimate of drug-likeness (QED) is 0.599. The second-order valence-electron chi connectivity index (χ2n) is 4.98. The van der Waals surface area contributed by atoms with Crippen LogP contribution >= 0.6 is 11.6 Å². The fourth-order valence-corrected chi connectivity index (χ4v) is 2.85. The molecule has 104 valence electrons. The fraction of sp³-hybridized carbons (Fsp3) is 0.571. The zero-order valence-corrected chi connectivity index (χ0v) is 11.7. The standard InChI is InChI=1S/C14H18ClNO3/c1-2-10-5-3-4-6-13(10)19-14-9-11(15)7-8-12(14)16(17)18/h7-10,13H,2-6H2,1H3. The zero-order chi connectivity index (χ0) is 13.8. The molecule has 2 unspecified atom stereocenters. The van der Waals surface area contributed by atoms with Gasteiger partial charge in [-0.3, -0.25) is 10.1 Å². The molecule has 2 rings (SSSR count). The van der Waals surface area contributed by atoms with Crippen molar-refractivity contribution in [1.82, 2.24) is 0 Å². The molecule has 1 aliphatic carbocycles. The summed E-state index contributed by atoms with van der Waals surface area (Å²) in [5, 5.41) is 11.5. The van der Waals surface area contributed by atoms with Crippen molar-refractivity contribution in [1.29, 1.82) is 0 Å². The molecule has 1 saturated carbocycles. The number of halogens is 1. The van der Waals surface area contributed by atoms with Gasteiger partial charge in [0.1, 0.15) is 6.10 Å².